The number of hydrogen-bond acceptors (Lipinski definition) is 5. The summed E-state index contributed by atoms with van der Waals surface area (Å²) in [6.45, 7) is 1.23. The third-order valence-corrected chi connectivity index (χ3v) is 6.03. The number of carbonyl (C=O) groups excluding carboxylic acids is 1. The Balaban J connectivity index is 1.76. The number of rotatable bonds is 1. The van der Waals surface area contributed by atoms with E-state index in [1.54, 1.807) is 15.8 Å². The summed E-state index contributed by atoms with van der Waals surface area (Å²) < 4.78 is 7.80. The van der Waals surface area contributed by atoms with Gasteiger partial charge in [0.25, 0.3) is 5.91 Å². The third kappa shape index (κ3) is 3.86. The van der Waals surface area contributed by atoms with Crippen molar-refractivity contribution in [2.24, 2.45) is 0 Å². The molecule has 0 fully saturated rings. The number of allylic oxidation sites excluding steroid dienone is 1. The van der Waals surface area contributed by atoms with Crippen molar-refractivity contribution < 1.29 is 14.6 Å². The quantitative estimate of drug-likeness (QED) is 0.584. The number of carbonyl (C=O) groups is 1. The van der Waals surface area contributed by atoms with E-state index in [4.69, 9.17) is 4.74 Å². The molecule has 2 aromatic carbocycles. The van der Waals surface area contributed by atoms with Gasteiger partial charge in [-0.3, -0.25) is 19.3 Å². The van der Waals surface area contributed by atoms with Gasteiger partial charge in [0.2, 0.25) is 5.43 Å². The van der Waals surface area contributed by atoms with Crippen LogP contribution in [-0.2, 0) is 0 Å². The fourth-order valence-electron chi connectivity index (χ4n) is 4.42. The number of pyridine rings is 1. The molecule has 0 aliphatic carbocycles. The molecule has 0 saturated heterocycles. The standard InChI is InChI=1S/C26H25N3O4/c30-21-14-16-28-24(25(21)31)26(32)27-15-8-1-2-9-17-33-22-13-7-6-12-20(22)23(29(28)18-27)19-10-4-3-5-11-19/h1,3-8,10-14,16,23,31H,2,9,15,17-18H2/b8-1-. The van der Waals surface area contributed by atoms with Crippen LogP contribution in [0.15, 0.2) is 83.8 Å². The topological polar surface area (TPSA) is 75.0 Å². The Kier molecular flexibility index (Phi) is 5.60. The normalized spacial score (nSPS) is 19.3. The Morgan fingerprint density at radius 1 is 0.939 bits per heavy atom. The number of fused-ring (bicyclic) bond motifs is 5. The molecule has 2 bridgehead atoms. The van der Waals surface area contributed by atoms with E-state index < -0.39 is 11.2 Å². The van der Waals surface area contributed by atoms with Crippen molar-refractivity contribution in [3.8, 4) is 11.5 Å². The lowest BCUT2D eigenvalue weighted by Gasteiger charge is -2.44. The summed E-state index contributed by atoms with van der Waals surface area (Å²) in [5.41, 5.74) is 1.33. The highest BCUT2D eigenvalue weighted by atomic mass is 16.5. The lowest BCUT2D eigenvalue weighted by Crippen LogP contribution is -2.55. The molecule has 1 atom stereocenters. The second-order valence-corrected chi connectivity index (χ2v) is 8.14. The van der Waals surface area contributed by atoms with Crippen LogP contribution in [0.4, 0.5) is 0 Å². The van der Waals surface area contributed by atoms with Gasteiger partial charge in [-0.05, 0) is 24.5 Å². The van der Waals surface area contributed by atoms with Crippen LogP contribution in [0.2, 0.25) is 0 Å². The highest BCUT2D eigenvalue weighted by molar-refractivity contribution is 5.96. The van der Waals surface area contributed by atoms with Crippen molar-refractivity contribution in [3.63, 3.8) is 0 Å². The van der Waals surface area contributed by atoms with Gasteiger partial charge in [0.05, 0.1) is 6.61 Å². The molecule has 0 spiro atoms. The van der Waals surface area contributed by atoms with Crippen molar-refractivity contribution in [1.82, 2.24) is 9.58 Å². The zero-order chi connectivity index (χ0) is 22.8. The van der Waals surface area contributed by atoms with Gasteiger partial charge in [-0.2, -0.15) is 0 Å². The van der Waals surface area contributed by atoms with Crippen molar-refractivity contribution >= 4 is 5.91 Å². The summed E-state index contributed by atoms with van der Waals surface area (Å²) in [6, 6.07) is 18.8. The van der Waals surface area contributed by atoms with E-state index in [1.165, 1.54) is 6.07 Å². The van der Waals surface area contributed by atoms with Gasteiger partial charge < -0.3 is 14.7 Å². The Bertz CT molecular complexity index is 1250. The van der Waals surface area contributed by atoms with E-state index in [2.05, 4.69) is 0 Å². The van der Waals surface area contributed by atoms with E-state index in [0.717, 1.165) is 29.7 Å². The number of aromatic nitrogens is 1. The maximum Gasteiger partial charge on any atom is 0.278 e. The fraction of sp³-hybridized carbons (Fsp3) is 0.231. The van der Waals surface area contributed by atoms with Gasteiger partial charge in [0.1, 0.15) is 18.5 Å². The second-order valence-electron chi connectivity index (χ2n) is 8.14. The van der Waals surface area contributed by atoms with Crippen molar-refractivity contribution in [2.75, 3.05) is 24.8 Å². The van der Waals surface area contributed by atoms with Gasteiger partial charge in [-0.1, -0.05) is 60.7 Å². The molecule has 0 saturated carbocycles. The number of para-hydroxylation sites is 1. The van der Waals surface area contributed by atoms with Gasteiger partial charge in [0.15, 0.2) is 11.4 Å². The summed E-state index contributed by atoms with van der Waals surface area (Å²) >= 11 is 0. The van der Waals surface area contributed by atoms with Gasteiger partial charge in [0, 0.05) is 24.4 Å². The zero-order valence-electron chi connectivity index (χ0n) is 18.1. The van der Waals surface area contributed by atoms with E-state index in [9.17, 15) is 14.7 Å². The SMILES string of the molecule is O=C1c2c(O)c(=O)ccn2N2CN1C/C=C\CCCOc1ccccc1C2c1ccccc1. The number of amides is 1. The molecule has 2 aliphatic heterocycles. The van der Waals surface area contributed by atoms with Crippen LogP contribution in [0.5, 0.6) is 11.5 Å². The molecule has 5 rings (SSSR count). The first-order chi connectivity index (χ1) is 16.1. The molecule has 2 aliphatic rings. The number of aromatic hydroxyl groups is 1. The molecule has 3 aromatic rings. The van der Waals surface area contributed by atoms with Crippen molar-refractivity contribution in [1.29, 1.82) is 0 Å². The van der Waals surface area contributed by atoms with Gasteiger partial charge in [-0.15, -0.1) is 0 Å². The third-order valence-electron chi connectivity index (χ3n) is 6.03. The van der Waals surface area contributed by atoms with Crippen LogP contribution < -0.4 is 15.2 Å². The van der Waals surface area contributed by atoms with Crippen LogP contribution >= 0.6 is 0 Å². The first-order valence-electron chi connectivity index (χ1n) is 11.1. The molecule has 1 unspecified atom stereocenters. The summed E-state index contributed by atoms with van der Waals surface area (Å²) in [5, 5.41) is 12.6. The predicted octanol–water partition coefficient (Wildman–Crippen LogP) is 3.42. The minimum absolute atomic E-state index is 0.0312. The first-order valence-corrected chi connectivity index (χ1v) is 11.1. The van der Waals surface area contributed by atoms with Crippen molar-refractivity contribution in [2.45, 2.75) is 18.9 Å². The molecule has 7 heteroatoms. The molecule has 3 heterocycles. The van der Waals surface area contributed by atoms with E-state index in [1.807, 2.05) is 71.8 Å². The fourth-order valence-corrected chi connectivity index (χ4v) is 4.42. The minimum atomic E-state index is -0.579. The van der Waals surface area contributed by atoms with Crippen molar-refractivity contribution in [3.05, 3.63) is 106 Å². The van der Waals surface area contributed by atoms with E-state index in [0.29, 0.717) is 13.2 Å². The van der Waals surface area contributed by atoms with Crippen LogP contribution in [-0.4, -0.2) is 40.4 Å². The van der Waals surface area contributed by atoms with Crippen LogP contribution in [0.1, 0.15) is 40.5 Å². The molecule has 33 heavy (non-hydrogen) atoms. The predicted molar refractivity (Wildman–Crippen MR) is 125 cm³/mol. The molecule has 1 amide bonds. The summed E-state index contributed by atoms with van der Waals surface area (Å²) in [4.78, 5) is 27.2. The highest BCUT2D eigenvalue weighted by Crippen LogP contribution is 2.36. The average molecular weight is 444 g/mol. The van der Waals surface area contributed by atoms with Crippen LogP contribution in [0.25, 0.3) is 0 Å². The largest absolute Gasteiger partial charge is 0.502 e. The zero-order valence-corrected chi connectivity index (χ0v) is 18.1. The first kappa shape index (κ1) is 20.9. The van der Waals surface area contributed by atoms with E-state index in [-0.39, 0.29) is 24.3 Å². The number of nitrogens with zero attached hydrogens (tertiary/aromatic N) is 3. The number of hydrogen-bond donors (Lipinski definition) is 1. The highest BCUT2D eigenvalue weighted by Gasteiger charge is 2.37. The molecular weight excluding hydrogens is 418 g/mol. The lowest BCUT2D eigenvalue weighted by molar-refractivity contribution is 0.0701. The van der Waals surface area contributed by atoms with Crippen LogP contribution in [0, 0.1) is 0 Å². The lowest BCUT2D eigenvalue weighted by atomic mass is 9.97. The molecule has 7 nitrogen and oxygen atoms in total. The van der Waals surface area contributed by atoms with Gasteiger partial charge >= 0.3 is 0 Å². The molecular formula is C26H25N3O4. The minimum Gasteiger partial charge on any atom is -0.502 e. The smallest absolute Gasteiger partial charge is 0.278 e. The van der Waals surface area contributed by atoms with Crippen LogP contribution in [0.3, 0.4) is 0 Å². The van der Waals surface area contributed by atoms with E-state index >= 15 is 0 Å². The molecule has 1 N–H and O–H groups in total. The molecule has 0 radical (unpaired) electrons. The molecule has 1 aromatic heterocycles. The Hall–Kier alpha value is -4.00. The van der Waals surface area contributed by atoms with Gasteiger partial charge in [-0.25, -0.2) is 0 Å². The molecule has 168 valence electrons. The number of ether oxygens (including phenoxy) is 1. The maximum absolute atomic E-state index is 13.3. The Labute approximate surface area is 191 Å². The Morgan fingerprint density at radius 2 is 1.73 bits per heavy atom. The Morgan fingerprint density at radius 3 is 2.58 bits per heavy atom. The average Bonchev–Trinajstić information content (AvgIpc) is 2.85. The second kappa shape index (κ2) is 8.86. The summed E-state index contributed by atoms with van der Waals surface area (Å²) in [6.07, 6.45) is 7.23. The summed E-state index contributed by atoms with van der Waals surface area (Å²) in [5.74, 6) is -0.149. The monoisotopic (exact) mass is 443 g/mol. The maximum atomic E-state index is 13.3. The number of benzene rings is 2. The summed E-state index contributed by atoms with van der Waals surface area (Å²) in [7, 11) is 0.